The number of nitrogens with one attached hydrogen (secondary N) is 1. The number of aromatic amines is 1. The molecule has 0 spiro atoms. The molecule has 1 saturated heterocycles. The largest absolute Gasteiger partial charge is 0.342 e. The van der Waals surface area contributed by atoms with Crippen LogP contribution in [0, 0.1) is 18.6 Å². The second-order valence-electron chi connectivity index (χ2n) is 7.47. The van der Waals surface area contributed by atoms with Gasteiger partial charge in [0.15, 0.2) is 0 Å². The van der Waals surface area contributed by atoms with Crippen molar-refractivity contribution in [1.82, 2.24) is 24.3 Å². The summed E-state index contributed by atoms with van der Waals surface area (Å²) < 4.78 is 28.6. The van der Waals surface area contributed by atoms with Crippen LogP contribution in [-0.4, -0.2) is 43.2 Å². The van der Waals surface area contributed by atoms with Crippen molar-refractivity contribution in [2.75, 3.05) is 13.1 Å². The molecule has 0 unspecified atom stereocenters. The third-order valence-electron chi connectivity index (χ3n) is 5.59. The summed E-state index contributed by atoms with van der Waals surface area (Å²) in [5, 5.41) is 0. The van der Waals surface area contributed by atoms with Crippen molar-refractivity contribution in [3.63, 3.8) is 0 Å². The predicted molar refractivity (Wildman–Crippen MR) is 104 cm³/mol. The van der Waals surface area contributed by atoms with Crippen LogP contribution < -0.4 is 0 Å². The van der Waals surface area contributed by atoms with E-state index >= 15 is 0 Å². The fourth-order valence-electron chi connectivity index (χ4n) is 4.09. The number of amides is 1. The van der Waals surface area contributed by atoms with E-state index in [2.05, 4.69) is 15.0 Å². The third kappa shape index (κ3) is 3.04. The highest BCUT2D eigenvalue weighted by molar-refractivity contribution is 5.94. The number of hydrogen-bond donors (Lipinski definition) is 1. The minimum Gasteiger partial charge on any atom is -0.342 e. The van der Waals surface area contributed by atoms with E-state index < -0.39 is 5.82 Å². The molecule has 148 valence electrons. The molecule has 1 fully saturated rings. The highest BCUT2D eigenvalue weighted by Gasteiger charge is 2.29. The number of hydrogen-bond acceptors (Lipinski definition) is 3. The van der Waals surface area contributed by atoms with Crippen LogP contribution in [0.25, 0.3) is 16.7 Å². The Morgan fingerprint density at radius 2 is 1.86 bits per heavy atom. The molecular formula is C21H19F2N5O. The van der Waals surface area contributed by atoms with Crippen molar-refractivity contribution >= 4 is 22.6 Å². The summed E-state index contributed by atoms with van der Waals surface area (Å²) in [6, 6.07) is 7.40. The van der Waals surface area contributed by atoms with E-state index in [9.17, 15) is 13.6 Å². The Labute approximate surface area is 165 Å². The summed E-state index contributed by atoms with van der Waals surface area (Å²) in [4.78, 5) is 27.0. The second-order valence-corrected chi connectivity index (χ2v) is 7.47. The lowest BCUT2D eigenvalue weighted by Crippen LogP contribution is -2.39. The minimum atomic E-state index is -0.413. The summed E-state index contributed by atoms with van der Waals surface area (Å²) in [7, 11) is 0. The summed E-state index contributed by atoms with van der Waals surface area (Å²) in [6.45, 7) is 2.90. The Bertz CT molecular complexity index is 1240. The first-order chi connectivity index (χ1) is 14.0. The summed E-state index contributed by atoms with van der Waals surface area (Å²) in [5.74, 6) is 0.142. The molecule has 3 aromatic heterocycles. The van der Waals surface area contributed by atoms with E-state index in [-0.39, 0.29) is 17.6 Å². The smallest absolute Gasteiger partial charge is 0.272 e. The van der Waals surface area contributed by atoms with E-state index in [4.69, 9.17) is 0 Å². The molecule has 1 aliphatic heterocycles. The molecule has 0 aliphatic carbocycles. The van der Waals surface area contributed by atoms with Crippen molar-refractivity contribution in [3.8, 4) is 0 Å². The van der Waals surface area contributed by atoms with Gasteiger partial charge in [-0.2, -0.15) is 0 Å². The van der Waals surface area contributed by atoms with E-state index in [0.717, 1.165) is 24.2 Å². The van der Waals surface area contributed by atoms with Crippen molar-refractivity contribution in [1.29, 1.82) is 0 Å². The van der Waals surface area contributed by atoms with Gasteiger partial charge in [0, 0.05) is 25.2 Å². The summed E-state index contributed by atoms with van der Waals surface area (Å²) >= 11 is 0. The molecule has 0 atom stereocenters. The maximum atomic E-state index is 13.7. The molecule has 1 aliphatic rings. The first-order valence-corrected chi connectivity index (χ1v) is 9.58. The number of piperidine rings is 1. The van der Waals surface area contributed by atoms with Gasteiger partial charge in [0.2, 0.25) is 0 Å². The number of aromatic nitrogens is 4. The van der Waals surface area contributed by atoms with E-state index in [1.165, 1.54) is 28.8 Å². The number of rotatable bonds is 2. The van der Waals surface area contributed by atoms with Gasteiger partial charge in [-0.3, -0.25) is 9.20 Å². The van der Waals surface area contributed by atoms with Crippen LogP contribution in [0.15, 0.2) is 36.5 Å². The maximum Gasteiger partial charge on any atom is 0.272 e. The number of H-pyrrole nitrogens is 1. The zero-order valence-corrected chi connectivity index (χ0v) is 15.8. The van der Waals surface area contributed by atoms with Crippen LogP contribution in [0.3, 0.4) is 0 Å². The van der Waals surface area contributed by atoms with E-state index in [0.29, 0.717) is 35.6 Å². The van der Waals surface area contributed by atoms with Gasteiger partial charge in [-0.15, -0.1) is 0 Å². The molecule has 29 heavy (non-hydrogen) atoms. The van der Waals surface area contributed by atoms with Crippen LogP contribution in [-0.2, 0) is 0 Å². The molecule has 8 heteroatoms. The molecule has 0 radical (unpaired) electrons. The Balaban J connectivity index is 1.35. The average Bonchev–Trinajstić information content (AvgIpc) is 3.27. The molecule has 1 aromatic carbocycles. The molecule has 1 N–H and O–H groups in total. The highest BCUT2D eigenvalue weighted by atomic mass is 19.1. The molecular weight excluding hydrogens is 376 g/mol. The lowest BCUT2D eigenvalue weighted by atomic mass is 9.96. The molecule has 4 heterocycles. The van der Waals surface area contributed by atoms with Gasteiger partial charge in [-0.05, 0) is 50.1 Å². The van der Waals surface area contributed by atoms with Crippen LogP contribution in [0.4, 0.5) is 8.78 Å². The topological polar surface area (TPSA) is 66.3 Å². The van der Waals surface area contributed by atoms with Gasteiger partial charge < -0.3 is 9.88 Å². The van der Waals surface area contributed by atoms with Gasteiger partial charge in [0.25, 0.3) is 5.91 Å². The Morgan fingerprint density at radius 3 is 2.66 bits per heavy atom. The fourth-order valence-corrected chi connectivity index (χ4v) is 4.09. The maximum absolute atomic E-state index is 13.7. The van der Waals surface area contributed by atoms with E-state index in [1.54, 1.807) is 24.0 Å². The van der Waals surface area contributed by atoms with Crippen LogP contribution in [0.5, 0.6) is 0 Å². The van der Waals surface area contributed by atoms with Crippen LogP contribution in [0.2, 0.25) is 0 Å². The number of nitrogens with zero attached hydrogens (tertiary/aromatic N) is 4. The number of likely N-dealkylation sites (tertiary alicyclic amines) is 1. The average molecular weight is 395 g/mol. The monoisotopic (exact) mass is 395 g/mol. The third-order valence-corrected chi connectivity index (χ3v) is 5.59. The van der Waals surface area contributed by atoms with Gasteiger partial charge in [-0.25, -0.2) is 18.7 Å². The van der Waals surface area contributed by atoms with Crippen LogP contribution >= 0.6 is 0 Å². The lowest BCUT2D eigenvalue weighted by molar-refractivity contribution is 0.0703. The fraction of sp³-hybridized carbons (Fsp3) is 0.286. The number of carbonyl (C=O) groups excluding carboxylic acids is 1. The zero-order chi connectivity index (χ0) is 20.1. The number of benzene rings is 1. The number of halogens is 2. The van der Waals surface area contributed by atoms with Crippen molar-refractivity contribution in [2.45, 2.75) is 25.7 Å². The number of carbonyl (C=O) groups is 1. The van der Waals surface area contributed by atoms with Crippen molar-refractivity contribution in [3.05, 3.63) is 65.4 Å². The van der Waals surface area contributed by atoms with Gasteiger partial charge >= 0.3 is 0 Å². The number of pyridine rings is 1. The minimum absolute atomic E-state index is 0.147. The molecule has 5 rings (SSSR count). The molecule has 0 bridgehead atoms. The van der Waals surface area contributed by atoms with Gasteiger partial charge in [0.1, 0.15) is 28.8 Å². The zero-order valence-electron chi connectivity index (χ0n) is 15.8. The standard InChI is InChI=1S/C21H19F2N5O/c1-12-19(28-11-15(23)3-5-18(28)24-12)21(29)27-8-6-13(7-9-27)20-25-16-4-2-14(22)10-17(16)26-20/h2-5,10-11,13H,6-9H2,1H3,(H,25,26). The van der Waals surface area contributed by atoms with Crippen molar-refractivity contribution in [2.24, 2.45) is 0 Å². The molecule has 0 saturated carbocycles. The molecule has 1 amide bonds. The summed E-state index contributed by atoms with van der Waals surface area (Å²) in [5.41, 5.74) is 2.96. The number of fused-ring (bicyclic) bond motifs is 2. The number of aryl methyl sites for hydroxylation is 1. The quantitative estimate of drug-likeness (QED) is 0.561. The first-order valence-electron chi connectivity index (χ1n) is 9.58. The molecule has 4 aromatic rings. The SMILES string of the molecule is Cc1nc2ccc(F)cn2c1C(=O)N1CCC(c2nc3ccc(F)cc3[nH]2)CC1. The Hall–Kier alpha value is -3.29. The Morgan fingerprint density at radius 1 is 1.10 bits per heavy atom. The van der Waals surface area contributed by atoms with Crippen molar-refractivity contribution < 1.29 is 13.6 Å². The highest BCUT2D eigenvalue weighted by Crippen LogP contribution is 2.29. The van der Waals surface area contributed by atoms with Gasteiger partial charge in [-0.1, -0.05) is 0 Å². The van der Waals surface area contributed by atoms with Crippen LogP contribution in [0.1, 0.15) is 40.8 Å². The lowest BCUT2D eigenvalue weighted by Gasteiger charge is -2.31. The molecule has 6 nitrogen and oxygen atoms in total. The normalized spacial score (nSPS) is 15.5. The first kappa shape index (κ1) is 17.8. The Kier molecular flexibility index (Phi) is 4.08. The number of imidazole rings is 2. The second kappa shape index (κ2) is 6.65. The predicted octanol–water partition coefficient (Wildman–Crippen LogP) is 3.82. The van der Waals surface area contributed by atoms with Gasteiger partial charge in [0.05, 0.1) is 16.7 Å². The summed E-state index contributed by atoms with van der Waals surface area (Å²) in [6.07, 6.45) is 2.79. The van der Waals surface area contributed by atoms with E-state index in [1.807, 2.05) is 0 Å².